The maximum atomic E-state index is 11.5. The highest BCUT2D eigenvalue weighted by Crippen LogP contribution is 2.31. The van der Waals surface area contributed by atoms with Crippen molar-refractivity contribution in [3.05, 3.63) is 76.1 Å². The summed E-state index contributed by atoms with van der Waals surface area (Å²) in [6, 6.07) is 12.9. The van der Waals surface area contributed by atoms with Gasteiger partial charge >= 0.3 is 0 Å². The highest BCUT2D eigenvalue weighted by molar-refractivity contribution is 5.80. The zero-order chi connectivity index (χ0) is 14.1. The van der Waals surface area contributed by atoms with Crippen molar-refractivity contribution in [2.45, 2.75) is 6.92 Å². The Hall–Kier alpha value is -2.93. The number of fused-ring (bicyclic) bond motifs is 1. The summed E-state index contributed by atoms with van der Waals surface area (Å²) in [6.45, 7) is 9.18. The number of pyridine rings is 1. The molecule has 4 heteroatoms. The van der Waals surface area contributed by atoms with E-state index in [1.165, 1.54) is 6.07 Å². The average molecular weight is 261 g/mol. The highest BCUT2D eigenvalue weighted by atomic mass is 16.1. The van der Waals surface area contributed by atoms with Crippen LogP contribution in [-0.4, -0.2) is 9.38 Å². The van der Waals surface area contributed by atoms with Gasteiger partial charge in [0.05, 0.1) is 6.57 Å². The lowest BCUT2D eigenvalue weighted by Gasteiger charge is -2.10. The van der Waals surface area contributed by atoms with Crippen LogP contribution in [0.3, 0.4) is 0 Å². The Balaban J connectivity index is 2.39. The van der Waals surface area contributed by atoms with E-state index < -0.39 is 0 Å². The molecule has 0 saturated carbocycles. The SMILES string of the molecule is [C-]#[N+]c1cc2nc(=O)cc(C)n2cc1-c1ccccc1. The Kier molecular flexibility index (Phi) is 2.81. The summed E-state index contributed by atoms with van der Waals surface area (Å²) < 4.78 is 1.83. The average Bonchev–Trinajstić information content (AvgIpc) is 2.46. The van der Waals surface area contributed by atoms with Crippen LogP contribution < -0.4 is 5.56 Å². The maximum absolute atomic E-state index is 11.5. The van der Waals surface area contributed by atoms with Crippen molar-refractivity contribution >= 4 is 11.3 Å². The molecule has 96 valence electrons. The molecule has 0 aliphatic carbocycles. The molecule has 0 N–H and O–H groups in total. The molecule has 3 aromatic rings. The van der Waals surface area contributed by atoms with Gasteiger partial charge in [0, 0.05) is 23.5 Å². The number of aryl methyl sites for hydroxylation is 1. The van der Waals surface area contributed by atoms with Gasteiger partial charge in [0.2, 0.25) is 0 Å². The highest BCUT2D eigenvalue weighted by Gasteiger charge is 2.09. The van der Waals surface area contributed by atoms with E-state index >= 15 is 0 Å². The molecule has 0 amide bonds. The van der Waals surface area contributed by atoms with E-state index in [1.807, 2.05) is 47.9 Å². The molecule has 2 aromatic heterocycles. The van der Waals surface area contributed by atoms with Crippen molar-refractivity contribution in [3.63, 3.8) is 0 Å². The van der Waals surface area contributed by atoms with E-state index in [9.17, 15) is 4.79 Å². The third-order valence-electron chi connectivity index (χ3n) is 3.19. The number of benzene rings is 1. The van der Waals surface area contributed by atoms with Crippen molar-refractivity contribution in [1.82, 2.24) is 9.38 Å². The Morgan fingerprint density at radius 2 is 1.95 bits per heavy atom. The first-order chi connectivity index (χ1) is 9.69. The van der Waals surface area contributed by atoms with Crippen LogP contribution >= 0.6 is 0 Å². The number of hydrogen-bond acceptors (Lipinski definition) is 2. The summed E-state index contributed by atoms with van der Waals surface area (Å²) in [5, 5.41) is 0. The van der Waals surface area contributed by atoms with E-state index in [4.69, 9.17) is 6.57 Å². The van der Waals surface area contributed by atoms with Gasteiger partial charge in [-0.3, -0.25) is 4.79 Å². The minimum absolute atomic E-state index is 0.286. The lowest BCUT2D eigenvalue weighted by atomic mass is 10.1. The van der Waals surface area contributed by atoms with Crippen molar-refractivity contribution in [3.8, 4) is 11.1 Å². The van der Waals surface area contributed by atoms with Crippen LogP contribution in [-0.2, 0) is 0 Å². The molecule has 0 saturated heterocycles. The third kappa shape index (κ3) is 1.95. The molecule has 4 nitrogen and oxygen atoms in total. The van der Waals surface area contributed by atoms with Crippen LogP contribution in [0.15, 0.2) is 53.5 Å². The minimum Gasteiger partial charge on any atom is -0.307 e. The van der Waals surface area contributed by atoms with Crippen LogP contribution in [0.1, 0.15) is 5.69 Å². The summed E-state index contributed by atoms with van der Waals surface area (Å²) in [5.41, 5.74) is 3.31. The van der Waals surface area contributed by atoms with Crippen molar-refractivity contribution in [1.29, 1.82) is 0 Å². The quantitative estimate of drug-likeness (QED) is 0.631. The predicted molar refractivity (Wildman–Crippen MR) is 77.9 cm³/mol. The van der Waals surface area contributed by atoms with Crippen LogP contribution in [0.25, 0.3) is 21.6 Å². The minimum atomic E-state index is -0.286. The normalized spacial score (nSPS) is 10.4. The summed E-state index contributed by atoms with van der Waals surface area (Å²) in [5.74, 6) is 0. The summed E-state index contributed by atoms with van der Waals surface area (Å²) in [7, 11) is 0. The van der Waals surface area contributed by atoms with Crippen LogP contribution in [0.5, 0.6) is 0 Å². The fourth-order valence-electron chi connectivity index (χ4n) is 2.23. The molecule has 20 heavy (non-hydrogen) atoms. The van der Waals surface area contributed by atoms with Gasteiger partial charge < -0.3 is 4.40 Å². The number of hydrogen-bond donors (Lipinski definition) is 0. The monoisotopic (exact) mass is 261 g/mol. The van der Waals surface area contributed by atoms with E-state index in [2.05, 4.69) is 9.83 Å². The van der Waals surface area contributed by atoms with Gasteiger partial charge in [-0.05, 0) is 18.6 Å². The molecule has 0 aliphatic rings. The van der Waals surface area contributed by atoms with Gasteiger partial charge in [0.25, 0.3) is 5.56 Å². The molecule has 0 aliphatic heterocycles. The van der Waals surface area contributed by atoms with E-state index in [-0.39, 0.29) is 5.56 Å². The van der Waals surface area contributed by atoms with E-state index in [1.54, 1.807) is 6.07 Å². The molecule has 0 spiro atoms. The summed E-state index contributed by atoms with van der Waals surface area (Å²) in [6.07, 6.45) is 1.86. The molecular weight excluding hydrogens is 250 g/mol. The van der Waals surface area contributed by atoms with Gasteiger partial charge in [-0.15, -0.1) is 0 Å². The number of aromatic nitrogens is 2. The Labute approximate surface area is 115 Å². The van der Waals surface area contributed by atoms with Gasteiger partial charge in [0.1, 0.15) is 5.65 Å². The molecule has 1 aromatic carbocycles. The molecule has 0 unspecified atom stereocenters. The van der Waals surface area contributed by atoms with E-state index in [0.29, 0.717) is 11.3 Å². The van der Waals surface area contributed by atoms with Gasteiger partial charge in [0.15, 0.2) is 5.69 Å². The van der Waals surface area contributed by atoms with Crippen LogP contribution in [0, 0.1) is 13.5 Å². The largest absolute Gasteiger partial charge is 0.307 e. The first-order valence-corrected chi connectivity index (χ1v) is 6.16. The Morgan fingerprint density at radius 3 is 2.65 bits per heavy atom. The second-order valence-corrected chi connectivity index (χ2v) is 4.51. The van der Waals surface area contributed by atoms with Gasteiger partial charge in [-0.25, -0.2) is 4.85 Å². The van der Waals surface area contributed by atoms with Crippen molar-refractivity contribution in [2.75, 3.05) is 0 Å². The second kappa shape index (κ2) is 4.63. The fraction of sp³-hybridized carbons (Fsp3) is 0.0625. The molecule has 3 rings (SSSR count). The number of rotatable bonds is 1. The summed E-state index contributed by atoms with van der Waals surface area (Å²) in [4.78, 5) is 19.0. The molecule has 0 bridgehead atoms. The van der Waals surface area contributed by atoms with Crippen molar-refractivity contribution < 1.29 is 0 Å². The van der Waals surface area contributed by atoms with Crippen LogP contribution in [0.2, 0.25) is 0 Å². The lowest BCUT2D eigenvalue weighted by molar-refractivity contribution is 1.01. The zero-order valence-electron chi connectivity index (χ0n) is 10.9. The fourth-order valence-corrected chi connectivity index (χ4v) is 2.23. The summed E-state index contributed by atoms with van der Waals surface area (Å²) >= 11 is 0. The van der Waals surface area contributed by atoms with Gasteiger partial charge in [-0.1, -0.05) is 30.3 Å². The van der Waals surface area contributed by atoms with Crippen LogP contribution in [0.4, 0.5) is 5.69 Å². The van der Waals surface area contributed by atoms with E-state index in [0.717, 1.165) is 16.8 Å². The smallest absolute Gasteiger partial charge is 0.273 e. The Morgan fingerprint density at radius 1 is 1.20 bits per heavy atom. The first-order valence-electron chi connectivity index (χ1n) is 6.16. The molecule has 0 radical (unpaired) electrons. The molecule has 0 fully saturated rings. The topological polar surface area (TPSA) is 38.7 Å². The van der Waals surface area contributed by atoms with Crippen molar-refractivity contribution in [2.24, 2.45) is 0 Å². The Bertz CT molecular complexity index is 889. The lowest BCUT2D eigenvalue weighted by Crippen LogP contribution is -2.10. The first kappa shape index (κ1) is 12.1. The second-order valence-electron chi connectivity index (χ2n) is 4.51. The standard InChI is InChI=1S/C16H11N3O/c1-11-8-16(20)18-15-9-14(17-2)13(10-19(11)15)12-6-4-3-5-7-12/h3-10H,1H3. The van der Waals surface area contributed by atoms with Gasteiger partial charge in [-0.2, -0.15) is 4.98 Å². The predicted octanol–water partition coefficient (Wildman–Crippen LogP) is 3.22. The zero-order valence-corrected chi connectivity index (χ0v) is 10.9. The molecule has 0 atom stereocenters. The number of nitrogens with zero attached hydrogens (tertiary/aromatic N) is 3. The molecular formula is C16H11N3O. The third-order valence-corrected chi connectivity index (χ3v) is 3.19. The maximum Gasteiger partial charge on any atom is 0.273 e. The molecule has 2 heterocycles.